The summed E-state index contributed by atoms with van der Waals surface area (Å²) in [6.07, 6.45) is -3.76. The zero-order valence-corrected chi connectivity index (χ0v) is 14.4. The smallest absolute Gasteiger partial charge is 0.406 e. The number of alkyl halides is 3. The highest BCUT2D eigenvalue weighted by atomic mass is 19.4. The lowest BCUT2D eigenvalue weighted by atomic mass is 9.85. The number of nitrogens with zero attached hydrogens (tertiary/aromatic N) is 1. The monoisotopic (exact) mass is 362 g/mol. The number of nitro benzene ring substituents is 1. The van der Waals surface area contributed by atoms with Gasteiger partial charge in [0.05, 0.1) is 16.1 Å². The Morgan fingerprint density at radius 3 is 2.28 bits per heavy atom. The number of halogens is 3. The molecule has 1 saturated heterocycles. The maximum absolute atomic E-state index is 12.4. The van der Waals surface area contributed by atoms with Gasteiger partial charge in [-0.1, -0.05) is 0 Å². The quantitative estimate of drug-likeness (QED) is 0.624. The fraction of sp³-hybridized carbons (Fsp3) is 0.625. The van der Waals surface area contributed by atoms with Gasteiger partial charge in [0.2, 0.25) is 0 Å². The van der Waals surface area contributed by atoms with Crippen LogP contribution < -0.4 is 10.1 Å². The molecule has 0 atom stereocenters. The van der Waals surface area contributed by atoms with Crippen molar-refractivity contribution in [2.45, 2.75) is 64.1 Å². The second kappa shape index (κ2) is 6.36. The molecule has 1 aromatic rings. The molecule has 1 N–H and O–H groups in total. The first-order chi connectivity index (χ1) is 11.3. The lowest BCUT2D eigenvalue weighted by molar-refractivity contribution is -0.384. The summed E-state index contributed by atoms with van der Waals surface area (Å²) < 4.78 is 47.0. The van der Waals surface area contributed by atoms with Crippen molar-refractivity contribution < 1.29 is 27.6 Å². The predicted octanol–water partition coefficient (Wildman–Crippen LogP) is 4.64. The largest absolute Gasteiger partial charge is 0.573 e. The Kier molecular flexibility index (Phi) is 4.91. The Morgan fingerprint density at radius 2 is 1.80 bits per heavy atom. The number of ether oxygens (including phenoxy) is 2. The zero-order chi connectivity index (χ0) is 19.0. The number of nitrogens with one attached hydrogen (secondary N) is 1. The molecule has 2 rings (SSSR count). The van der Waals surface area contributed by atoms with Gasteiger partial charge in [0.15, 0.2) is 0 Å². The van der Waals surface area contributed by atoms with E-state index in [4.69, 9.17) is 4.74 Å². The third-order valence-corrected chi connectivity index (χ3v) is 3.79. The van der Waals surface area contributed by atoms with E-state index in [-0.39, 0.29) is 17.4 Å². The molecule has 0 bridgehead atoms. The van der Waals surface area contributed by atoms with Crippen LogP contribution in [-0.4, -0.2) is 28.5 Å². The molecule has 1 aliphatic rings. The van der Waals surface area contributed by atoms with Gasteiger partial charge in [-0.2, -0.15) is 0 Å². The van der Waals surface area contributed by atoms with Gasteiger partial charge in [-0.3, -0.25) is 10.1 Å². The van der Waals surface area contributed by atoms with Crippen LogP contribution in [-0.2, 0) is 4.74 Å². The van der Waals surface area contributed by atoms with E-state index in [1.165, 1.54) is 0 Å². The molecule has 0 radical (unpaired) electrons. The first-order valence-corrected chi connectivity index (χ1v) is 7.77. The molecule has 0 aliphatic carbocycles. The molecule has 140 valence electrons. The summed E-state index contributed by atoms with van der Waals surface area (Å²) in [5, 5.41) is 14.2. The van der Waals surface area contributed by atoms with Crippen LogP contribution in [0, 0.1) is 10.1 Å². The molecule has 1 heterocycles. The van der Waals surface area contributed by atoms with Crippen LogP contribution in [0.15, 0.2) is 18.2 Å². The van der Waals surface area contributed by atoms with Crippen molar-refractivity contribution >= 4 is 11.4 Å². The van der Waals surface area contributed by atoms with Crippen molar-refractivity contribution in [2.24, 2.45) is 0 Å². The molecular weight excluding hydrogens is 341 g/mol. The summed E-state index contributed by atoms with van der Waals surface area (Å²) in [4.78, 5) is 10.5. The van der Waals surface area contributed by atoms with Gasteiger partial charge in [-0.25, -0.2) is 0 Å². The fourth-order valence-electron chi connectivity index (χ4n) is 3.40. The standard InChI is InChI=1S/C16H21F3N2O4/c1-14(2)8-10(9-15(3,4)25-14)20-12-7-11(24-16(17,18)19)5-6-13(12)21(22)23/h5-7,10,20H,8-9H2,1-4H3. The summed E-state index contributed by atoms with van der Waals surface area (Å²) >= 11 is 0. The van der Waals surface area contributed by atoms with Crippen molar-refractivity contribution in [1.82, 2.24) is 0 Å². The highest BCUT2D eigenvalue weighted by molar-refractivity contribution is 5.64. The minimum Gasteiger partial charge on any atom is -0.406 e. The summed E-state index contributed by atoms with van der Waals surface area (Å²) in [5.41, 5.74) is -1.25. The van der Waals surface area contributed by atoms with E-state index in [0.717, 1.165) is 18.2 Å². The Labute approximate surface area is 143 Å². The van der Waals surface area contributed by atoms with Crippen LogP contribution >= 0.6 is 0 Å². The third kappa shape index (κ3) is 5.48. The molecule has 1 aliphatic heterocycles. The highest BCUT2D eigenvalue weighted by Gasteiger charge is 2.40. The topological polar surface area (TPSA) is 73.6 Å². The van der Waals surface area contributed by atoms with Crippen molar-refractivity contribution in [1.29, 1.82) is 0 Å². The molecule has 0 unspecified atom stereocenters. The van der Waals surface area contributed by atoms with Gasteiger partial charge >= 0.3 is 6.36 Å². The van der Waals surface area contributed by atoms with Gasteiger partial charge in [0, 0.05) is 18.2 Å². The Balaban J connectivity index is 2.30. The number of benzene rings is 1. The summed E-state index contributed by atoms with van der Waals surface area (Å²) in [6, 6.07) is 2.73. The molecule has 0 spiro atoms. The Hall–Kier alpha value is -2.03. The van der Waals surface area contributed by atoms with E-state index in [2.05, 4.69) is 10.1 Å². The number of hydrogen-bond donors (Lipinski definition) is 1. The van der Waals surface area contributed by atoms with Crippen LogP contribution in [0.2, 0.25) is 0 Å². The molecule has 0 amide bonds. The highest BCUT2D eigenvalue weighted by Crippen LogP contribution is 2.38. The van der Waals surface area contributed by atoms with Crippen LogP contribution in [0.4, 0.5) is 24.5 Å². The number of nitro groups is 1. The molecule has 1 fully saturated rings. The fourth-order valence-corrected chi connectivity index (χ4v) is 3.40. The van der Waals surface area contributed by atoms with Crippen molar-refractivity contribution in [3.63, 3.8) is 0 Å². The Bertz CT molecular complexity index is 643. The van der Waals surface area contributed by atoms with E-state index in [9.17, 15) is 23.3 Å². The average molecular weight is 362 g/mol. The minimum absolute atomic E-state index is 0.00903. The number of rotatable bonds is 4. The first-order valence-electron chi connectivity index (χ1n) is 7.77. The second-order valence-corrected chi connectivity index (χ2v) is 7.35. The maximum Gasteiger partial charge on any atom is 0.573 e. The SMILES string of the molecule is CC1(C)CC(Nc2cc(OC(F)(F)F)ccc2[N+](=O)[O-])CC(C)(C)O1. The zero-order valence-electron chi connectivity index (χ0n) is 14.4. The summed E-state index contributed by atoms with van der Waals surface area (Å²) in [6.45, 7) is 7.61. The first kappa shape index (κ1) is 19.3. The van der Waals surface area contributed by atoms with E-state index < -0.39 is 28.2 Å². The number of hydrogen-bond acceptors (Lipinski definition) is 5. The second-order valence-electron chi connectivity index (χ2n) is 7.35. The van der Waals surface area contributed by atoms with Crippen molar-refractivity contribution in [2.75, 3.05) is 5.32 Å². The predicted molar refractivity (Wildman–Crippen MR) is 85.7 cm³/mol. The molecular formula is C16H21F3N2O4. The van der Waals surface area contributed by atoms with Crippen LogP contribution in [0.5, 0.6) is 5.75 Å². The van der Waals surface area contributed by atoms with Crippen molar-refractivity contribution in [3.05, 3.63) is 28.3 Å². The summed E-state index contributed by atoms with van der Waals surface area (Å²) in [7, 11) is 0. The van der Waals surface area contributed by atoms with Gasteiger partial charge in [0.1, 0.15) is 11.4 Å². The normalized spacial score (nSPS) is 20.1. The van der Waals surface area contributed by atoms with Gasteiger partial charge in [0.25, 0.3) is 5.69 Å². The molecule has 6 nitrogen and oxygen atoms in total. The molecule has 1 aromatic carbocycles. The lowest BCUT2D eigenvalue weighted by Gasteiger charge is -2.45. The van der Waals surface area contributed by atoms with Crippen molar-refractivity contribution in [3.8, 4) is 5.75 Å². The van der Waals surface area contributed by atoms with Crippen LogP contribution in [0.25, 0.3) is 0 Å². The minimum atomic E-state index is -4.87. The van der Waals surface area contributed by atoms with E-state index in [1.54, 1.807) is 0 Å². The summed E-state index contributed by atoms with van der Waals surface area (Å²) in [5.74, 6) is -0.508. The van der Waals surface area contributed by atoms with Crippen LogP contribution in [0.3, 0.4) is 0 Å². The number of anilines is 1. The van der Waals surface area contributed by atoms with Crippen LogP contribution in [0.1, 0.15) is 40.5 Å². The molecule has 0 aromatic heterocycles. The van der Waals surface area contributed by atoms with Gasteiger partial charge < -0.3 is 14.8 Å². The van der Waals surface area contributed by atoms with E-state index >= 15 is 0 Å². The molecule has 0 saturated carbocycles. The van der Waals surface area contributed by atoms with E-state index in [1.807, 2.05) is 27.7 Å². The van der Waals surface area contributed by atoms with Gasteiger partial charge in [-0.05, 0) is 46.6 Å². The maximum atomic E-state index is 12.4. The third-order valence-electron chi connectivity index (χ3n) is 3.79. The molecule has 9 heteroatoms. The molecule has 25 heavy (non-hydrogen) atoms. The average Bonchev–Trinajstić information content (AvgIpc) is 2.32. The van der Waals surface area contributed by atoms with E-state index in [0.29, 0.717) is 12.8 Å². The lowest BCUT2D eigenvalue weighted by Crippen LogP contribution is -2.49. The Morgan fingerprint density at radius 1 is 1.24 bits per heavy atom. The van der Waals surface area contributed by atoms with Gasteiger partial charge in [-0.15, -0.1) is 13.2 Å².